The van der Waals surface area contributed by atoms with Crippen molar-refractivity contribution in [2.75, 3.05) is 25.0 Å². The molecule has 6 rings (SSSR count). The van der Waals surface area contributed by atoms with Gasteiger partial charge in [-0.05, 0) is 96.9 Å². The van der Waals surface area contributed by atoms with Gasteiger partial charge in [-0.3, -0.25) is 14.5 Å². The number of nitrogens with zero attached hydrogens (tertiary/aromatic N) is 6. The third-order valence-electron chi connectivity index (χ3n) is 8.91. The van der Waals surface area contributed by atoms with Gasteiger partial charge in [0.15, 0.2) is 0 Å². The number of likely N-dealkylation sites (tertiary alicyclic amines) is 2. The molecule has 2 aliphatic rings. The molecule has 47 heavy (non-hydrogen) atoms. The van der Waals surface area contributed by atoms with Crippen LogP contribution >= 0.6 is 11.6 Å². The molecule has 13 heteroatoms. The number of rotatable bonds is 8. The Morgan fingerprint density at radius 1 is 1.00 bits per heavy atom. The first kappa shape index (κ1) is 32.0. The van der Waals surface area contributed by atoms with E-state index >= 15 is 0 Å². The maximum absolute atomic E-state index is 14.3. The van der Waals surface area contributed by atoms with Crippen LogP contribution in [-0.2, 0) is 9.59 Å². The Labute approximate surface area is 276 Å². The molecule has 4 N–H and O–H groups in total. The molecule has 2 amide bonds. The highest BCUT2D eigenvalue weighted by Gasteiger charge is 2.44. The van der Waals surface area contributed by atoms with Crippen LogP contribution in [-0.4, -0.2) is 90.7 Å². The fourth-order valence-corrected chi connectivity index (χ4v) is 6.66. The van der Waals surface area contributed by atoms with Crippen LogP contribution in [0.3, 0.4) is 0 Å². The van der Waals surface area contributed by atoms with Gasteiger partial charge in [0, 0.05) is 46.9 Å². The molecule has 0 spiro atoms. The van der Waals surface area contributed by atoms with Crippen LogP contribution in [0.2, 0.25) is 5.02 Å². The minimum absolute atomic E-state index is 0.00640. The van der Waals surface area contributed by atoms with Crippen molar-refractivity contribution in [3.63, 3.8) is 0 Å². The number of nitrogens with two attached hydrogens (primary N) is 1. The van der Waals surface area contributed by atoms with E-state index in [1.165, 1.54) is 29.2 Å². The van der Waals surface area contributed by atoms with Crippen molar-refractivity contribution in [2.24, 2.45) is 5.73 Å². The maximum Gasteiger partial charge on any atom is 0.335 e. The highest BCUT2D eigenvalue weighted by Crippen LogP contribution is 2.37. The zero-order valence-electron chi connectivity index (χ0n) is 25.5. The van der Waals surface area contributed by atoms with E-state index < -0.39 is 12.0 Å². The normalized spacial score (nSPS) is 20.7. The Kier molecular flexibility index (Phi) is 9.71. The van der Waals surface area contributed by atoms with Gasteiger partial charge in [-0.1, -0.05) is 41.9 Å². The third-order valence-corrected chi connectivity index (χ3v) is 9.15. The Balaban J connectivity index is 1.36. The van der Waals surface area contributed by atoms with E-state index in [0.717, 1.165) is 31.5 Å². The highest BCUT2D eigenvalue weighted by molar-refractivity contribution is 6.30. The number of anilines is 1. The molecule has 242 valence electrons. The lowest BCUT2D eigenvalue weighted by molar-refractivity contribution is -0.139. The number of carboxylic acid groups (broad SMARTS) is 1. The first-order valence-corrected chi connectivity index (χ1v) is 15.8. The lowest BCUT2D eigenvalue weighted by Gasteiger charge is -2.48. The van der Waals surface area contributed by atoms with Gasteiger partial charge < -0.3 is 21.1 Å². The summed E-state index contributed by atoms with van der Waals surface area (Å²) in [4.78, 5) is 43.9. The standard InChI is InChI=1S/C34H35ClN8O4/c35-25-9-12-30(43-21-37-39-40-43)24(18-25)8-13-31(44)42-20-28(41-16-14-26(36)15-17-41)19-29(22-4-2-1-3-5-22)32(42)33(45)38-27-10-6-23(7-11-27)34(46)47/h1-13,18,21,26,28-29,32H,14-17,19-20,36H2,(H,38,45)(H,46,47)/b13-8+/t28-,29-,32-/m1/s1. The van der Waals surface area contributed by atoms with Crippen molar-refractivity contribution in [1.82, 2.24) is 30.0 Å². The molecule has 3 heterocycles. The molecule has 12 nitrogen and oxygen atoms in total. The predicted molar refractivity (Wildman–Crippen MR) is 177 cm³/mol. The minimum Gasteiger partial charge on any atom is -0.478 e. The van der Waals surface area contributed by atoms with Crippen molar-refractivity contribution in [1.29, 1.82) is 0 Å². The molecule has 0 unspecified atom stereocenters. The number of carbonyl (C=O) groups is 3. The van der Waals surface area contributed by atoms with Crippen LogP contribution in [0.25, 0.3) is 11.8 Å². The molecule has 3 aromatic carbocycles. The number of hydrogen-bond acceptors (Lipinski definition) is 8. The van der Waals surface area contributed by atoms with Gasteiger partial charge in [-0.15, -0.1) is 5.10 Å². The predicted octanol–water partition coefficient (Wildman–Crippen LogP) is 3.84. The molecular formula is C34H35ClN8O4. The second-order valence-corrected chi connectivity index (χ2v) is 12.3. The third kappa shape index (κ3) is 7.40. The Morgan fingerprint density at radius 2 is 1.74 bits per heavy atom. The van der Waals surface area contributed by atoms with Crippen LogP contribution in [0.1, 0.15) is 46.7 Å². The SMILES string of the molecule is NC1CCN([C@@H]2C[C@H](c3ccccc3)[C@H](C(=O)Nc3ccc(C(=O)O)cc3)N(C(=O)/C=C/c3cc(Cl)ccc3-n3cnnn3)C2)CC1. The van der Waals surface area contributed by atoms with E-state index in [2.05, 4.69) is 25.7 Å². The molecule has 0 bridgehead atoms. The topological polar surface area (TPSA) is 160 Å². The molecule has 0 saturated carbocycles. The number of hydrogen-bond donors (Lipinski definition) is 3. The number of benzene rings is 3. The van der Waals surface area contributed by atoms with Gasteiger partial charge in [-0.2, -0.15) is 4.68 Å². The molecule has 0 aliphatic carbocycles. The number of carbonyl (C=O) groups excluding carboxylic acids is 2. The van der Waals surface area contributed by atoms with Gasteiger partial charge in [0.05, 0.1) is 11.3 Å². The number of aromatic carboxylic acids is 1. The first-order chi connectivity index (χ1) is 22.8. The minimum atomic E-state index is -1.06. The molecule has 3 atom stereocenters. The number of tetrazole rings is 1. The van der Waals surface area contributed by atoms with Crippen LogP contribution < -0.4 is 11.1 Å². The summed E-state index contributed by atoms with van der Waals surface area (Å²) in [6.45, 7) is 1.97. The van der Waals surface area contributed by atoms with E-state index in [4.69, 9.17) is 17.3 Å². The highest BCUT2D eigenvalue weighted by atomic mass is 35.5. The largest absolute Gasteiger partial charge is 0.478 e. The molecule has 2 aliphatic heterocycles. The second kappa shape index (κ2) is 14.2. The monoisotopic (exact) mass is 654 g/mol. The van der Waals surface area contributed by atoms with Crippen molar-refractivity contribution in [2.45, 2.75) is 43.3 Å². The summed E-state index contributed by atoms with van der Waals surface area (Å²) in [6.07, 6.45) is 6.97. The van der Waals surface area contributed by atoms with Crippen LogP contribution in [0.5, 0.6) is 0 Å². The average molecular weight is 655 g/mol. The van der Waals surface area contributed by atoms with E-state index in [9.17, 15) is 19.5 Å². The van der Waals surface area contributed by atoms with Crippen LogP contribution in [0.4, 0.5) is 5.69 Å². The summed E-state index contributed by atoms with van der Waals surface area (Å²) in [5.41, 5.74) is 8.97. The van der Waals surface area contributed by atoms with Gasteiger partial charge >= 0.3 is 5.97 Å². The zero-order chi connectivity index (χ0) is 32.9. The smallest absolute Gasteiger partial charge is 0.335 e. The van der Waals surface area contributed by atoms with Crippen molar-refractivity contribution in [3.05, 3.63) is 107 Å². The number of amides is 2. The molecule has 1 aromatic heterocycles. The summed E-state index contributed by atoms with van der Waals surface area (Å²) in [6, 6.07) is 20.2. The quantitative estimate of drug-likeness (QED) is 0.240. The first-order valence-electron chi connectivity index (χ1n) is 15.5. The maximum atomic E-state index is 14.3. The Morgan fingerprint density at radius 3 is 2.43 bits per heavy atom. The fraction of sp³-hybridized carbons (Fsp3) is 0.294. The van der Waals surface area contributed by atoms with E-state index in [-0.39, 0.29) is 35.4 Å². The zero-order valence-corrected chi connectivity index (χ0v) is 26.3. The van der Waals surface area contributed by atoms with Crippen LogP contribution in [0.15, 0.2) is 85.2 Å². The number of aromatic nitrogens is 4. The Hall–Kier alpha value is -4.91. The summed E-state index contributed by atoms with van der Waals surface area (Å²) in [7, 11) is 0. The molecule has 4 aromatic rings. The average Bonchev–Trinajstić information content (AvgIpc) is 3.62. The second-order valence-electron chi connectivity index (χ2n) is 11.9. The van der Waals surface area contributed by atoms with Gasteiger partial charge in [0.2, 0.25) is 11.8 Å². The number of halogens is 1. The van der Waals surface area contributed by atoms with Crippen molar-refractivity contribution < 1.29 is 19.5 Å². The summed E-state index contributed by atoms with van der Waals surface area (Å²) in [5.74, 6) is -2.08. The van der Waals surface area contributed by atoms with E-state index in [0.29, 0.717) is 34.9 Å². The number of nitrogens with one attached hydrogen (secondary N) is 1. The lowest BCUT2D eigenvalue weighted by Crippen LogP contribution is -2.61. The number of piperidine rings is 2. The fourth-order valence-electron chi connectivity index (χ4n) is 6.48. The summed E-state index contributed by atoms with van der Waals surface area (Å²) < 4.78 is 1.48. The molecule has 2 fully saturated rings. The lowest BCUT2D eigenvalue weighted by atomic mass is 9.80. The van der Waals surface area contributed by atoms with Gasteiger partial charge in [0.1, 0.15) is 12.4 Å². The van der Waals surface area contributed by atoms with Gasteiger partial charge in [0.25, 0.3) is 0 Å². The van der Waals surface area contributed by atoms with Crippen LogP contribution in [0, 0.1) is 0 Å². The number of carboxylic acids is 1. The van der Waals surface area contributed by atoms with E-state index in [1.807, 2.05) is 30.3 Å². The summed E-state index contributed by atoms with van der Waals surface area (Å²) in [5, 5.41) is 24.2. The van der Waals surface area contributed by atoms with E-state index in [1.54, 1.807) is 41.3 Å². The van der Waals surface area contributed by atoms with Crippen molar-refractivity contribution >= 4 is 41.1 Å². The summed E-state index contributed by atoms with van der Waals surface area (Å²) >= 11 is 6.32. The van der Waals surface area contributed by atoms with Crippen molar-refractivity contribution in [3.8, 4) is 5.69 Å². The molecular weight excluding hydrogens is 620 g/mol. The molecule has 0 radical (unpaired) electrons. The molecule has 2 saturated heterocycles. The Bertz CT molecular complexity index is 1740. The van der Waals surface area contributed by atoms with Gasteiger partial charge in [-0.25, -0.2) is 4.79 Å².